The van der Waals surface area contributed by atoms with Crippen LogP contribution in [0.5, 0.6) is 0 Å². The molecule has 1 aromatic carbocycles. The summed E-state index contributed by atoms with van der Waals surface area (Å²) in [6, 6.07) is 4.74. The lowest BCUT2D eigenvalue weighted by Gasteiger charge is -2.37. The monoisotopic (exact) mass is 389 g/mol. The minimum atomic E-state index is -0.678. The molecule has 0 aliphatic carbocycles. The quantitative estimate of drug-likeness (QED) is 0.760. The van der Waals surface area contributed by atoms with Crippen LogP contribution in [0.4, 0.5) is 9.18 Å². The summed E-state index contributed by atoms with van der Waals surface area (Å²) in [6.07, 6.45) is 1.17. The molecule has 6 nitrogen and oxygen atoms in total. The van der Waals surface area contributed by atoms with E-state index in [1.807, 2.05) is 0 Å². The molecule has 1 fully saturated rings. The summed E-state index contributed by atoms with van der Waals surface area (Å²) in [5.74, 6) is 0.265. The number of urea groups is 1. The molecule has 0 aromatic heterocycles. The first-order valence-electron chi connectivity index (χ1n) is 9.82. The summed E-state index contributed by atoms with van der Waals surface area (Å²) in [5, 5.41) is 5.58. The maximum absolute atomic E-state index is 13.4. The van der Waals surface area contributed by atoms with E-state index in [4.69, 9.17) is 4.74 Å². The molecule has 2 heterocycles. The summed E-state index contributed by atoms with van der Waals surface area (Å²) < 4.78 is 18.6. The molecule has 152 valence electrons. The minimum Gasteiger partial charge on any atom is -0.463 e. The second-order valence-corrected chi connectivity index (χ2v) is 7.84. The molecule has 2 amide bonds. The van der Waals surface area contributed by atoms with E-state index in [2.05, 4.69) is 29.4 Å². The third-order valence-corrected chi connectivity index (χ3v) is 5.18. The molecule has 7 heteroatoms. The van der Waals surface area contributed by atoms with Crippen LogP contribution in [0.3, 0.4) is 0 Å². The highest BCUT2D eigenvalue weighted by Crippen LogP contribution is 2.29. The number of ether oxygens (including phenoxy) is 1. The molecule has 0 radical (unpaired) electrons. The van der Waals surface area contributed by atoms with Crippen LogP contribution in [0, 0.1) is 17.7 Å². The van der Waals surface area contributed by atoms with Crippen LogP contribution in [-0.4, -0.2) is 43.1 Å². The molecule has 1 saturated heterocycles. The first-order valence-corrected chi connectivity index (χ1v) is 9.82. The van der Waals surface area contributed by atoms with E-state index in [0.717, 1.165) is 13.1 Å². The Kier molecular flexibility index (Phi) is 6.34. The number of likely N-dealkylation sites (tertiary alicyclic amines) is 1. The van der Waals surface area contributed by atoms with Gasteiger partial charge in [0.25, 0.3) is 0 Å². The fraction of sp³-hybridized carbons (Fsp3) is 0.524. The summed E-state index contributed by atoms with van der Waals surface area (Å²) in [4.78, 5) is 27.4. The normalized spacial score (nSPS) is 25.9. The number of rotatable bonds is 5. The number of esters is 1. The van der Waals surface area contributed by atoms with Gasteiger partial charge in [0, 0.05) is 25.3 Å². The predicted octanol–water partition coefficient (Wildman–Crippen LogP) is 2.97. The number of nitrogens with zero attached hydrogens (tertiary/aromatic N) is 1. The number of nitrogens with one attached hydrogen (secondary N) is 2. The van der Waals surface area contributed by atoms with Crippen LogP contribution in [0.15, 0.2) is 35.5 Å². The topological polar surface area (TPSA) is 70.7 Å². The van der Waals surface area contributed by atoms with Crippen LogP contribution >= 0.6 is 0 Å². The van der Waals surface area contributed by atoms with Gasteiger partial charge >= 0.3 is 12.0 Å². The summed E-state index contributed by atoms with van der Waals surface area (Å²) in [6.45, 7) is 8.69. The van der Waals surface area contributed by atoms with Gasteiger partial charge in [0.05, 0.1) is 18.2 Å². The van der Waals surface area contributed by atoms with Crippen LogP contribution in [0.1, 0.15) is 38.8 Å². The maximum atomic E-state index is 13.4. The smallest absolute Gasteiger partial charge is 0.338 e. The third kappa shape index (κ3) is 4.70. The van der Waals surface area contributed by atoms with Crippen molar-refractivity contribution >= 4 is 12.0 Å². The Morgan fingerprint density at radius 2 is 1.86 bits per heavy atom. The molecule has 28 heavy (non-hydrogen) atoms. The van der Waals surface area contributed by atoms with Gasteiger partial charge in [0.2, 0.25) is 0 Å². The number of hydrogen-bond donors (Lipinski definition) is 2. The first-order chi connectivity index (χ1) is 13.4. The highest BCUT2D eigenvalue weighted by Gasteiger charge is 2.35. The number of carbonyl (C=O) groups excluding carboxylic acids is 2. The zero-order chi connectivity index (χ0) is 20.3. The van der Waals surface area contributed by atoms with E-state index in [0.29, 0.717) is 35.2 Å². The highest BCUT2D eigenvalue weighted by molar-refractivity contribution is 5.95. The van der Waals surface area contributed by atoms with Crippen molar-refractivity contribution in [2.24, 2.45) is 11.8 Å². The fourth-order valence-electron chi connectivity index (χ4n) is 4.24. The summed E-state index contributed by atoms with van der Waals surface area (Å²) >= 11 is 0. The van der Waals surface area contributed by atoms with Gasteiger partial charge in [-0.2, -0.15) is 0 Å². The molecule has 3 rings (SSSR count). The van der Waals surface area contributed by atoms with E-state index in [-0.39, 0.29) is 18.5 Å². The summed E-state index contributed by atoms with van der Waals surface area (Å²) in [7, 11) is 0. The molecule has 0 saturated carbocycles. The lowest BCUT2D eigenvalue weighted by atomic mass is 9.91. The molecule has 2 aliphatic heterocycles. The van der Waals surface area contributed by atoms with Gasteiger partial charge in [-0.3, -0.25) is 4.90 Å². The molecule has 1 aromatic rings. The van der Waals surface area contributed by atoms with E-state index >= 15 is 0 Å². The highest BCUT2D eigenvalue weighted by atomic mass is 19.1. The Bertz CT molecular complexity index is 753. The molecular weight excluding hydrogens is 361 g/mol. The van der Waals surface area contributed by atoms with Crippen molar-refractivity contribution in [1.82, 2.24) is 15.5 Å². The predicted molar refractivity (Wildman–Crippen MR) is 104 cm³/mol. The van der Waals surface area contributed by atoms with Gasteiger partial charge in [0.15, 0.2) is 0 Å². The number of halogens is 1. The molecular formula is C21H28FN3O3. The average molecular weight is 389 g/mol. The van der Waals surface area contributed by atoms with Crippen LogP contribution in [-0.2, 0) is 9.53 Å². The second-order valence-electron chi connectivity index (χ2n) is 7.84. The second kappa shape index (κ2) is 8.73. The average Bonchev–Trinajstić information content (AvgIpc) is 2.61. The number of amides is 2. The van der Waals surface area contributed by atoms with Crippen molar-refractivity contribution in [2.45, 2.75) is 33.2 Å². The maximum Gasteiger partial charge on any atom is 0.338 e. The molecule has 2 aliphatic rings. The van der Waals surface area contributed by atoms with Gasteiger partial charge in [0.1, 0.15) is 5.82 Å². The van der Waals surface area contributed by atoms with Gasteiger partial charge < -0.3 is 15.4 Å². The van der Waals surface area contributed by atoms with Crippen molar-refractivity contribution in [3.8, 4) is 0 Å². The van der Waals surface area contributed by atoms with Crippen molar-refractivity contribution in [3.05, 3.63) is 46.9 Å². The fourth-order valence-corrected chi connectivity index (χ4v) is 4.24. The Labute approximate surface area is 165 Å². The lowest BCUT2D eigenvalue weighted by Crippen LogP contribution is -2.50. The number of carbonyl (C=O) groups is 2. The van der Waals surface area contributed by atoms with Crippen LogP contribution in [0.2, 0.25) is 0 Å². The number of benzene rings is 1. The molecule has 0 unspecified atom stereocenters. The largest absolute Gasteiger partial charge is 0.463 e. The number of piperidine rings is 1. The zero-order valence-electron chi connectivity index (χ0n) is 16.6. The van der Waals surface area contributed by atoms with Gasteiger partial charge in [-0.1, -0.05) is 26.0 Å². The van der Waals surface area contributed by atoms with Crippen molar-refractivity contribution in [2.75, 3.05) is 26.2 Å². The van der Waals surface area contributed by atoms with Gasteiger partial charge in [-0.15, -0.1) is 0 Å². The van der Waals surface area contributed by atoms with E-state index in [1.165, 1.54) is 18.6 Å². The minimum absolute atomic E-state index is 0.234. The Balaban J connectivity index is 1.96. The Morgan fingerprint density at radius 3 is 2.46 bits per heavy atom. The Hall–Kier alpha value is -2.41. The van der Waals surface area contributed by atoms with Crippen LogP contribution in [0.25, 0.3) is 0 Å². The van der Waals surface area contributed by atoms with Crippen molar-refractivity contribution in [1.29, 1.82) is 0 Å². The van der Waals surface area contributed by atoms with E-state index < -0.39 is 12.0 Å². The third-order valence-electron chi connectivity index (χ3n) is 5.18. The molecule has 3 atom stereocenters. The first kappa shape index (κ1) is 20.3. The van der Waals surface area contributed by atoms with Gasteiger partial charge in [-0.05, 0) is 42.9 Å². The van der Waals surface area contributed by atoms with Crippen LogP contribution < -0.4 is 10.6 Å². The van der Waals surface area contributed by atoms with Gasteiger partial charge in [-0.25, -0.2) is 14.0 Å². The molecule has 0 bridgehead atoms. The SMILES string of the molecule is CCOC(=O)C1=C(CN2C[C@H](C)C[C@@H](C)C2)NC(=O)N[C@H]1c1ccc(F)cc1. The molecule has 2 N–H and O–H groups in total. The lowest BCUT2D eigenvalue weighted by molar-refractivity contribution is -0.139. The Morgan fingerprint density at radius 1 is 1.21 bits per heavy atom. The number of hydrogen-bond acceptors (Lipinski definition) is 4. The standard InChI is InChI=1S/C21H28FN3O3/c1-4-28-20(26)18-17(12-25-10-13(2)9-14(3)11-25)23-21(27)24-19(18)15-5-7-16(22)8-6-15/h5-8,13-14,19H,4,9-12H2,1-3H3,(H2,23,24,27)/t13-,14-,19+/m1/s1. The van der Waals surface area contributed by atoms with Crippen molar-refractivity contribution in [3.63, 3.8) is 0 Å². The zero-order valence-corrected chi connectivity index (χ0v) is 16.6. The summed E-state index contributed by atoms with van der Waals surface area (Å²) in [5.41, 5.74) is 1.56. The molecule has 0 spiro atoms. The van der Waals surface area contributed by atoms with E-state index in [9.17, 15) is 14.0 Å². The van der Waals surface area contributed by atoms with Crippen molar-refractivity contribution < 1.29 is 18.7 Å². The van der Waals surface area contributed by atoms with E-state index in [1.54, 1.807) is 19.1 Å².